The molecule has 23 atom stereocenters. The van der Waals surface area contributed by atoms with Crippen LogP contribution in [0.5, 0.6) is 0 Å². The van der Waals surface area contributed by atoms with Crippen molar-refractivity contribution in [2.24, 2.45) is 50.2 Å². The van der Waals surface area contributed by atoms with Crippen molar-refractivity contribution in [2.75, 3.05) is 19.8 Å². The summed E-state index contributed by atoms with van der Waals surface area (Å²) in [5.74, 6) is -2.44. The number of aliphatic hydroxyl groups excluding tert-OH is 8. The van der Waals surface area contributed by atoms with Crippen molar-refractivity contribution < 1.29 is 93.5 Å². The fraction of sp³-hybridized carbons (Fsp3) is 0.772. The Morgan fingerprint density at radius 1 is 0.740 bits per heavy atom. The van der Waals surface area contributed by atoms with E-state index in [-0.39, 0.29) is 42.1 Å². The minimum Gasteiger partial charge on any atom is -0.481 e. The van der Waals surface area contributed by atoms with E-state index in [1.165, 1.54) is 13.0 Å². The molecule has 20 nitrogen and oxygen atoms in total. The second kappa shape index (κ2) is 21.5. The van der Waals surface area contributed by atoms with Gasteiger partial charge in [-0.2, -0.15) is 0 Å². The lowest BCUT2D eigenvalue weighted by Gasteiger charge is -2.72. The third-order valence-corrected chi connectivity index (χ3v) is 20.6. The van der Waals surface area contributed by atoms with Gasteiger partial charge in [0.15, 0.2) is 18.9 Å². The molecule has 1 amide bonds. The van der Waals surface area contributed by atoms with E-state index in [2.05, 4.69) is 46.0 Å². The zero-order chi connectivity index (χ0) is 55.9. The summed E-state index contributed by atoms with van der Waals surface area (Å²) < 4.78 is 42.3. The summed E-state index contributed by atoms with van der Waals surface area (Å²) in [7, 11) is 0. The molecule has 0 unspecified atom stereocenters. The van der Waals surface area contributed by atoms with Crippen LogP contribution in [-0.2, 0) is 47.5 Å². The third-order valence-electron chi connectivity index (χ3n) is 20.6. The number of carbonyl (C=O) groups is 3. The Morgan fingerprint density at radius 2 is 1.42 bits per heavy atom. The number of aliphatic hydroxyl groups is 8. The molecule has 10 N–H and O–H groups in total. The van der Waals surface area contributed by atoms with Gasteiger partial charge in [-0.15, -0.1) is 0 Å². The SMILES string of the molecule is CC(=O)N[C@H]1[C@H](O[C@H]2CC[C@]3(C)[C@H]4CC=C5[C@@H]6CC(C)(C)[C@@H](OC(=O)/C=C/c7ccccc7)C[C@]6(C(=O)O)[C@H](O)C[C@@]5(C)[C@]4(C)CC[C@H]3C2(C)C)O[C@H](CO[C@@H]2OC[C@H](O)[C@H](O)[C@H]2O[C@@H]2OC[C@H](O)[C@H](O)[C@H]2O)[C@@H](O)[C@@H]1O. The van der Waals surface area contributed by atoms with Gasteiger partial charge in [0.1, 0.15) is 72.5 Å². The Hall–Kier alpha value is -3.45. The number of allylic oxidation sites excluding steroid dienone is 2. The van der Waals surface area contributed by atoms with Crippen LogP contribution in [0.15, 0.2) is 48.1 Å². The summed E-state index contributed by atoms with van der Waals surface area (Å²) in [6.45, 7) is 15.3. The van der Waals surface area contributed by atoms with Gasteiger partial charge in [-0.1, -0.05) is 90.4 Å². The van der Waals surface area contributed by atoms with Gasteiger partial charge in [-0.25, -0.2) is 4.79 Å². The lowest BCUT2D eigenvalue weighted by atomic mass is 9.33. The smallest absolute Gasteiger partial charge is 0.331 e. The summed E-state index contributed by atoms with van der Waals surface area (Å²) >= 11 is 0. The van der Waals surface area contributed by atoms with Crippen molar-refractivity contribution in [2.45, 2.75) is 205 Å². The predicted molar refractivity (Wildman–Crippen MR) is 272 cm³/mol. The summed E-state index contributed by atoms with van der Waals surface area (Å²) in [5, 5.41) is 102. The molecule has 7 fully saturated rings. The topological polar surface area (TPSA) is 310 Å². The Labute approximate surface area is 450 Å². The summed E-state index contributed by atoms with van der Waals surface area (Å²) in [6, 6.07) is 8.16. The van der Waals surface area contributed by atoms with Crippen molar-refractivity contribution in [3.63, 3.8) is 0 Å². The van der Waals surface area contributed by atoms with Crippen LogP contribution in [0.3, 0.4) is 0 Å². The van der Waals surface area contributed by atoms with Crippen LogP contribution in [0.2, 0.25) is 0 Å². The monoisotopic (exact) mass is 1090 g/mol. The molecule has 3 aliphatic heterocycles. The number of nitrogens with one attached hydrogen (secondary N) is 1. The van der Waals surface area contributed by atoms with Crippen molar-refractivity contribution in [3.05, 3.63) is 53.6 Å². The van der Waals surface area contributed by atoms with Gasteiger partial charge in [0, 0.05) is 24.8 Å². The Kier molecular flexibility index (Phi) is 16.2. The molecule has 77 heavy (non-hydrogen) atoms. The van der Waals surface area contributed by atoms with Gasteiger partial charge >= 0.3 is 11.9 Å². The largest absolute Gasteiger partial charge is 0.481 e. The number of carboxylic acid groups (broad SMARTS) is 1. The number of aliphatic carboxylic acids is 1. The first-order valence-corrected chi connectivity index (χ1v) is 27.5. The second-order valence-electron chi connectivity index (χ2n) is 25.7. The Bertz CT molecular complexity index is 2380. The highest BCUT2D eigenvalue weighted by molar-refractivity contribution is 5.87. The number of rotatable bonds is 12. The maximum absolute atomic E-state index is 13.8. The second-order valence-corrected chi connectivity index (χ2v) is 25.7. The highest BCUT2D eigenvalue weighted by Gasteiger charge is 2.73. The molecular formula is C57H83NO19. The zero-order valence-electron chi connectivity index (χ0n) is 45.5. The van der Waals surface area contributed by atoms with Gasteiger partial charge in [0.2, 0.25) is 5.91 Å². The van der Waals surface area contributed by atoms with Crippen LogP contribution in [-0.4, -0.2) is 182 Å². The zero-order valence-corrected chi connectivity index (χ0v) is 45.5. The molecule has 3 heterocycles. The maximum atomic E-state index is 13.8. The van der Waals surface area contributed by atoms with Gasteiger partial charge in [0.05, 0.1) is 32.0 Å². The van der Waals surface area contributed by atoms with Crippen molar-refractivity contribution in [3.8, 4) is 0 Å². The molecule has 3 saturated heterocycles. The molecule has 0 radical (unpaired) electrons. The normalized spacial score (nSPS) is 47.3. The highest BCUT2D eigenvalue weighted by Crippen LogP contribution is 2.76. The van der Waals surface area contributed by atoms with E-state index >= 15 is 0 Å². The highest BCUT2D eigenvalue weighted by atomic mass is 16.8. The summed E-state index contributed by atoms with van der Waals surface area (Å²) in [6.07, 6.45) is -11.1. The fourth-order valence-corrected chi connectivity index (χ4v) is 16.0. The van der Waals surface area contributed by atoms with E-state index in [0.29, 0.717) is 19.3 Å². The first kappa shape index (κ1) is 58.2. The van der Waals surface area contributed by atoms with Crippen LogP contribution < -0.4 is 5.32 Å². The van der Waals surface area contributed by atoms with Crippen molar-refractivity contribution in [1.82, 2.24) is 5.32 Å². The molecule has 1 aromatic rings. The van der Waals surface area contributed by atoms with Gasteiger partial charge in [-0.05, 0) is 96.0 Å². The predicted octanol–water partition coefficient (Wildman–Crippen LogP) is 2.33. The lowest BCUT2D eigenvalue weighted by Crippen LogP contribution is -2.69. The van der Waals surface area contributed by atoms with Gasteiger partial charge in [-0.3, -0.25) is 9.59 Å². The standard InChI is InChI=1S/C57H83NO19/c1-28(59)58-41-45(67)44(66)34(27-73-50-47(43(65)33(61)26-72-50)77-49-46(68)42(64)32(60)25-71-49)74-48(41)76-38-19-20-54(6)35(53(38,4)5)18-21-55(7)36(54)16-15-30-31-22-52(2,3)39(75-40(63)17-14-29-12-10-9-11-13-29)24-57(31,51(69)70)37(62)23-56(30,55)8/h9-15,17,31-39,41-50,60-62,64-68H,16,18-27H2,1-8H3,(H,58,59)(H,69,70)/b17-14+/t31-,32-,33-,34+,35-,36+,37+,38-,39-,41+,42-,43-,44+,45+,46+,47+,48-,49-,50-,54-,55+,56+,57+/m0/s1. The molecule has 1 aromatic carbocycles. The molecule has 4 saturated carbocycles. The number of benzene rings is 1. The molecule has 0 bridgehead atoms. The first-order valence-electron chi connectivity index (χ1n) is 27.5. The minimum absolute atomic E-state index is 0.0206. The summed E-state index contributed by atoms with van der Waals surface area (Å²) in [4.78, 5) is 39.7. The minimum atomic E-state index is -1.73. The maximum Gasteiger partial charge on any atom is 0.331 e. The van der Waals surface area contributed by atoms with Crippen LogP contribution in [0.1, 0.15) is 112 Å². The first-order chi connectivity index (χ1) is 36.1. The Balaban J connectivity index is 0.919. The van der Waals surface area contributed by atoms with E-state index in [1.54, 1.807) is 6.08 Å². The quantitative estimate of drug-likeness (QED) is 0.0622. The number of hydrogen-bond acceptors (Lipinski definition) is 18. The number of carbonyl (C=O) groups excluding carboxylic acids is 2. The van der Waals surface area contributed by atoms with Crippen LogP contribution in [0.4, 0.5) is 0 Å². The average Bonchev–Trinajstić information content (AvgIpc) is 3.45. The van der Waals surface area contributed by atoms with Crippen molar-refractivity contribution >= 4 is 23.9 Å². The van der Waals surface area contributed by atoms with E-state index < -0.39 is 157 Å². The Morgan fingerprint density at radius 3 is 2.09 bits per heavy atom. The molecular weight excluding hydrogens is 1000 g/mol. The molecule has 9 rings (SSSR count). The molecule has 0 aromatic heterocycles. The number of fused-ring (bicyclic) bond motifs is 7. The van der Waals surface area contributed by atoms with Gasteiger partial charge in [0.25, 0.3) is 0 Å². The van der Waals surface area contributed by atoms with E-state index in [1.807, 2.05) is 44.2 Å². The van der Waals surface area contributed by atoms with E-state index in [4.69, 9.17) is 33.2 Å². The number of carboxylic acids is 1. The number of hydrogen-bond donors (Lipinski definition) is 10. The fourth-order valence-electron chi connectivity index (χ4n) is 16.0. The van der Waals surface area contributed by atoms with Crippen LogP contribution in [0.25, 0.3) is 6.08 Å². The molecule has 20 heteroatoms. The van der Waals surface area contributed by atoms with Crippen LogP contribution >= 0.6 is 0 Å². The average molecular weight is 1090 g/mol. The van der Waals surface area contributed by atoms with E-state index in [9.17, 15) is 60.3 Å². The lowest BCUT2D eigenvalue weighted by molar-refractivity contribution is -0.352. The van der Waals surface area contributed by atoms with Crippen LogP contribution in [0, 0.1) is 50.2 Å². The molecule has 430 valence electrons. The molecule has 0 spiro atoms. The van der Waals surface area contributed by atoms with E-state index in [0.717, 1.165) is 30.4 Å². The third kappa shape index (κ3) is 10.1. The molecule has 5 aliphatic carbocycles. The number of esters is 1. The van der Waals surface area contributed by atoms with Gasteiger partial charge < -0.3 is 84.4 Å². The molecule has 8 aliphatic rings. The number of amides is 1. The summed E-state index contributed by atoms with van der Waals surface area (Å²) in [5.41, 5.74) is -1.98. The number of ether oxygens (including phenoxy) is 7. The van der Waals surface area contributed by atoms with Crippen molar-refractivity contribution in [1.29, 1.82) is 0 Å².